The zero-order valence-corrected chi connectivity index (χ0v) is 5.81. The summed E-state index contributed by atoms with van der Waals surface area (Å²) in [6.07, 6.45) is 0.263. The van der Waals surface area contributed by atoms with Gasteiger partial charge in [0.25, 0.3) is 0 Å². The van der Waals surface area contributed by atoms with Crippen molar-refractivity contribution in [3.8, 4) is 0 Å². The van der Waals surface area contributed by atoms with Crippen molar-refractivity contribution < 1.29 is 9.59 Å². The minimum atomic E-state index is -0.607. The average Bonchev–Trinajstić information content (AvgIpc) is 1.87. The molecule has 0 aliphatic rings. The minimum absolute atomic E-state index is 0.117. The Balaban J connectivity index is 3.20. The first-order valence-electron chi connectivity index (χ1n) is 2.90. The number of nitrogens with two attached hydrogens (primary N) is 1. The molecule has 58 valence electrons. The Morgan fingerprint density at radius 2 is 2.10 bits per heavy atom. The predicted octanol–water partition coefficient (Wildman–Crippen LogP) is -1.21. The standard InChI is InChI=1S/C5H11N3O2/c1-7-4(9)2-3-8-5(6)10/h2-3H2,1H3,(H,7,9)(H3,6,8,10). The van der Waals surface area contributed by atoms with E-state index in [9.17, 15) is 9.59 Å². The van der Waals surface area contributed by atoms with Crippen molar-refractivity contribution in [3.63, 3.8) is 0 Å². The number of carbonyl (C=O) groups is 2. The predicted molar refractivity (Wildman–Crippen MR) is 36.3 cm³/mol. The van der Waals surface area contributed by atoms with Crippen LogP contribution in [-0.4, -0.2) is 25.5 Å². The van der Waals surface area contributed by atoms with Gasteiger partial charge in [-0.3, -0.25) is 4.79 Å². The first-order valence-corrected chi connectivity index (χ1v) is 2.90. The Kier molecular flexibility index (Phi) is 4.02. The summed E-state index contributed by atoms with van der Waals surface area (Å²) in [6, 6.07) is -0.607. The molecular formula is C5H11N3O2. The number of amides is 3. The van der Waals surface area contributed by atoms with E-state index in [0.717, 1.165) is 0 Å². The molecule has 5 nitrogen and oxygen atoms in total. The molecule has 0 aromatic rings. The molecule has 0 radical (unpaired) electrons. The van der Waals surface area contributed by atoms with Gasteiger partial charge in [-0.25, -0.2) is 4.79 Å². The Hall–Kier alpha value is -1.26. The second-order valence-corrected chi connectivity index (χ2v) is 1.71. The van der Waals surface area contributed by atoms with Crippen molar-refractivity contribution in [3.05, 3.63) is 0 Å². The summed E-state index contributed by atoms with van der Waals surface area (Å²) < 4.78 is 0. The van der Waals surface area contributed by atoms with Crippen LogP contribution in [0.25, 0.3) is 0 Å². The van der Waals surface area contributed by atoms with Crippen LogP contribution in [0.2, 0.25) is 0 Å². The molecule has 0 heterocycles. The summed E-state index contributed by atoms with van der Waals surface area (Å²) in [6.45, 7) is 0.287. The highest BCUT2D eigenvalue weighted by Gasteiger charge is 1.96. The largest absolute Gasteiger partial charge is 0.359 e. The summed E-state index contributed by atoms with van der Waals surface area (Å²) in [5, 5.41) is 4.70. The van der Waals surface area contributed by atoms with Crippen LogP contribution in [0.4, 0.5) is 4.79 Å². The van der Waals surface area contributed by atoms with Crippen molar-refractivity contribution in [2.24, 2.45) is 5.73 Å². The van der Waals surface area contributed by atoms with Gasteiger partial charge in [-0.2, -0.15) is 0 Å². The maximum Gasteiger partial charge on any atom is 0.312 e. The maximum atomic E-state index is 10.5. The van der Waals surface area contributed by atoms with E-state index in [1.54, 1.807) is 0 Å². The molecule has 0 bridgehead atoms. The Morgan fingerprint density at radius 3 is 2.50 bits per heavy atom. The quantitative estimate of drug-likeness (QED) is 0.465. The van der Waals surface area contributed by atoms with Crippen LogP contribution >= 0.6 is 0 Å². The highest BCUT2D eigenvalue weighted by atomic mass is 16.2. The molecule has 0 saturated heterocycles. The van der Waals surface area contributed by atoms with Crippen LogP contribution in [0.5, 0.6) is 0 Å². The fraction of sp³-hybridized carbons (Fsp3) is 0.600. The number of rotatable bonds is 3. The van der Waals surface area contributed by atoms with Gasteiger partial charge in [0.1, 0.15) is 0 Å². The van der Waals surface area contributed by atoms with Gasteiger partial charge in [-0.05, 0) is 0 Å². The van der Waals surface area contributed by atoms with Gasteiger partial charge in [0, 0.05) is 20.0 Å². The normalized spacial score (nSPS) is 8.50. The van der Waals surface area contributed by atoms with E-state index in [2.05, 4.69) is 10.6 Å². The van der Waals surface area contributed by atoms with E-state index >= 15 is 0 Å². The van der Waals surface area contributed by atoms with E-state index in [1.807, 2.05) is 0 Å². The molecule has 10 heavy (non-hydrogen) atoms. The lowest BCUT2D eigenvalue weighted by atomic mass is 10.4. The summed E-state index contributed by atoms with van der Waals surface area (Å²) in [7, 11) is 1.53. The molecule has 4 N–H and O–H groups in total. The lowest BCUT2D eigenvalue weighted by molar-refractivity contribution is -0.120. The molecule has 3 amide bonds. The van der Waals surface area contributed by atoms with Crippen molar-refractivity contribution in [1.82, 2.24) is 10.6 Å². The third kappa shape index (κ3) is 4.89. The van der Waals surface area contributed by atoms with E-state index in [0.29, 0.717) is 0 Å². The van der Waals surface area contributed by atoms with Gasteiger partial charge in [0.05, 0.1) is 0 Å². The summed E-state index contributed by atoms with van der Waals surface area (Å²) in [5.74, 6) is -0.117. The first-order chi connectivity index (χ1) is 4.66. The molecule has 5 heteroatoms. The average molecular weight is 145 g/mol. The monoisotopic (exact) mass is 145 g/mol. The smallest absolute Gasteiger partial charge is 0.312 e. The molecule has 0 aliphatic carbocycles. The van der Waals surface area contributed by atoms with Crippen molar-refractivity contribution in [2.45, 2.75) is 6.42 Å². The molecule has 0 atom stereocenters. The third-order valence-corrected chi connectivity index (χ3v) is 0.930. The number of nitrogens with one attached hydrogen (secondary N) is 2. The van der Waals surface area contributed by atoms with Gasteiger partial charge in [0.2, 0.25) is 5.91 Å². The molecule has 0 fully saturated rings. The van der Waals surface area contributed by atoms with Crippen LogP contribution < -0.4 is 16.4 Å². The fourth-order valence-electron chi connectivity index (χ4n) is 0.424. The maximum absolute atomic E-state index is 10.5. The van der Waals surface area contributed by atoms with Gasteiger partial charge in [-0.15, -0.1) is 0 Å². The van der Waals surface area contributed by atoms with Crippen LogP contribution in [0.15, 0.2) is 0 Å². The second kappa shape index (κ2) is 4.60. The molecule has 0 rings (SSSR count). The molecule has 0 spiro atoms. The highest BCUT2D eigenvalue weighted by molar-refractivity contribution is 5.77. The second-order valence-electron chi connectivity index (χ2n) is 1.71. The summed E-state index contributed by atoms with van der Waals surface area (Å²) in [4.78, 5) is 20.5. The molecule has 0 aliphatic heterocycles. The fourth-order valence-corrected chi connectivity index (χ4v) is 0.424. The minimum Gasteiger partial charge on any atom is -0.359 e. The molecule has 0 aromatic heterocycles. The summed E-state index contributed by atoms with van der Waals surface area (Å²) in [5.41, 5.74) is 4.74. The van der Waals surface area contributed by atoms with Crippen LogP contribution in [0, 0.1) is 0 Å². The number of primary amides is 1. The van der Waals surface area contributed by atoms with Crippen LogP contribution in [-0.2, 0) is 4.79 Å². The Labute approximate surface area is 59.0 Å². The van der Waals surface area contributed by atoms with Gasteiger partial charge >= 0.3 is 6.03 Å². The lowest BCUT2D eigenvalue weighted by Crippen LogP contribution is -2.32. The van der Waals surface area contributed by atoms with E-state index in [-0.39, 0.29) is 18.9 Å². The zero-order chi connectivity index (χ0) is 7.98. The van der Waals surface area contributed by atoms with E-state index < -0.39 is 6.03 Å². The summed E-state index contributed by atoms with van der Waals surface area (Å²) >= 11 is 0. The van der Waals surface area contributed by atoms with Gasteiger partial charge < -0.3 is 16.4 Å². The highest BCUT2D eigenvalue weighted by Crippen LogP contribution is 1.73. The first kappa shape index (κ1) is 8.74. The molecule has 0 unspecified atom stereocenters. The lowest BCUT2D eigenvalue weighted by Gasteiger charge is -1.99. The third-order valence-electron chi connectivity index (χ3n) is 0.930. The van der Waals surface area contributed by atoms with Gasteiger partial charge in [0.15, 0.2) is 0 Å². The van der Waals surface area contributed by atoms with Crippen molar-refractivity contribution in [2.75, 3.05) is 13.6 Å². The number of urea groups is 1. The Morgan fingerprint density at radius 1 is 1.50 bits per heavy atom. The molecule has 0 aromatic carbocycles. The van der Waals surface area contributed by atoms with Crippen LogP contribution in [0.3, 0.4) is 0 Å². The SMILES string of the molecule is CNC(=O)CCNC(N)=O. The number of carbonyl (C=O) groups excluding carboxylic acids is 2. The number of hydrogen-bond donors (Lipinski definition) is 3. The number of hydrogen-bond acceptors (Lipinski definition) is 2. The van der Waals surface area contributed by atoms with E-state index in [4.69, 9.17) is 5.73 Å². The van der Waals surface area contributed by atoms with Crippen molar-refractivity contribution >= 4 is 11.9 Å². The Bertz CT molecular complexity index is 135. The van der Waals surface area contributed by atoms with Crippen LogP contribution in [0.1, 0.15) is 6.42 Å². The molecular weight excluding hydrogens is 134 g/mol. The topological polar surface area (TPSA) is 84.2 Å². The van der Waals surface area contributed by atoms with Crippen molar-refractivity contribution in [1.29, 1.82) is 0 Å². The zero-order valence-electron chi connectivity index (χ0n) is 5.81. The van der Waals surface area contributed by atoms with E-state index in [1.165, 1.54) is 7.05 Å². The molecule has 0 saturated carbocycles. The van der Waals surface area contributed by atoms with Gasteiger partial charge in [-0.1, -0.05) is 0 Å².